The van der Waals surface area contributed by atoms with Crippen LogP contribution in [-0.4, -0.2) is 97.9 Å². The summed E-state index contributed by atoms with van der Waals surface area (Å²) in [7, 11) is -8.30. The van der Waals surface area contributed by atoms with E-state index >= 15 is 0 Å². The van der Waals surface area contributed by atoms with Gasteiger partial charge in [0.15, 0.2) is 9.84 Å². The molecule has 1 fully saturated rings. The Hall–Kier alpha value is -2.60. The Morgan fingerprint density at radius 3 is 2.18 bits per heavy atom. The first-order valence-electron chi connectivity index (χ1n) is 14.9. The van der Waals surface area contributed by atoms with Gasteiger partial charge in [0.25, 0.3) is 5.91 Å². The summed E-state index contributed by atoms with van der Waals surface area (Å²) < 4.78 is 115. The Kier molecular flexibility index (Phi) is 14.8. The number of carbonyl (C=O) groups is 1. The second-order valence-electron chi connectivity index (χ2n) is 11.1. The van der Waals surface area contributed by atoms with Crippen molar-refractivity contribution in [3.63, 3.8) is 0 Å². The molecule has 0 radical (unpaired) electrons. The number of nitrogens with zero attached hydrogens (tertiary/aromatic N) is 1. The topological polar surface area (TPSA) is 152 Å². The van der Waals surface area contributed by atoms with Crippen molar-refractivity contribution in [1.82, 2.24) is 5.32 Å². The Bertz CT molecular complexity index is 1710. The molecule has 3 N–H and O–H groups in total. The second kappa shape index (κ2) is 17.8. The average molecular weight is 761 g/mol. The molecular formula is C31H35F5N2NaO9PS. The van der Waals surface area contributed by atoms with E-state index in [1.54, 1.807) is 17.0 Å². The van der Waals surface area contributed by atoms with Crippen molar-refractivity contribution in [2.24, 2.45) is 0 Å². The Morgan fingerprint density at radius 2 is 1.64 bits per heavy atom. The van der Waals surface area contributed by atoms with Crippen molar-refractivity contribution < 1.29 is 63.5 Å². The predicted octanol–water partition coefficient (Wildman–Crippen LogP) is 5.09. The van der Waals surface area contributed by atoms with E-state index in [0.29, 0.717) is 11.3 Å². The molecule has 3 aromatic carbocycles. The molecule has 11 nitrogen and oxygen atoms in total. The van der Waals surface area contributed by atoms with Gasteiger partial charge in [-0.25, -0.2) is 13.0 Å². The van der Waals surface area contributed by atoms with Crippen LogP contribution in [0.2, 0.25) is 0 Å². The number of ether oxygens (including phenoxy) is 2. The third-order valence-corrected chi connectivity index (χ3v) is 10.00. The van der Waals surface area contributed by atoms with Gasteiger partial charge in [0.1, 0.15) is 11.9 Å². The summed E-state index contributed by atoms with van der Waals surface area (Å²) in [4.78, 5) is 33.2. The van der Waals surface area contributed by atoms with Gasteiger partial charge < -0.3 is 29.5 Å². The summed E-state index contributed by atoms with van der Waals surface area (Å²) in [6, 6.07) is 14.5. The van der Waals surface area contributed by atoms with Crippen LogP contribution in [0, 0.1) is 0 Å². The fourth-order valence-electron chi connectivity index (χ4n) is 5.26. The molecule has 4 rings (SSSR count). The fraction of sp³-hybridized carbons (Fsp3) is 0.387. The molecule has 19 heteroatoms. The Labute approximate surface area is 307 Å². The van der Waals surface area contributed by atoms with Crippen molar-refractivity contribution in [2.45, 2.75) is 55.6 Å². The zero-order chi connectivity index (χ0) is 36.0. The van der Waals surface area contributed by atoms with Gasteiger partial charge in [-0.3, -0.25) is 9.32 Å². The fourth-order valence-corrected chi connectivity index (χ4v) is 6.49. The molecule has 0 unspecified atom stereocenters. The summed E-state index contributed by atoms with van der Waals surface area (Å²) in [5.74, 6) is -0.536. The summed E-state index contributed by atoms with van der Waals surface area (Å²) in [5, 5.41) is 2.76. The number of phosphoric ester groups is 1. The third-order valence-electron chi connectivity index (χ3n) is 7.73. The number of anilines is 1. The minimum atomic E-state index is -4.80. The van der Waals surface area contributed by atoms with Crippen LogP contribution in [0.4, 0.5) is 27.6 Å². The van der Waals surface area contributed by atoms with Crippen LogP contribution in [0.1, 0.15) is 47.3 Å². The minimum absolute atomic E-state index is 0. The molecule has 0 aliphatic carbocycles. The number of rotatable bonds is 15. The molecule has 3 atom stereocenters. The number of benzene rings is 3. The molecule has 1 saturated heterocycles. The molecule has 270 valence electrons. The van der Waals surface area contributed by atoms with Crippen LogP contribution in [0.25, 0.3) is 0 Å². The van der Waals surface area contributed by atoms with Gasteiger partial charge in [-0.2, -0.15) is 22.0 Å². The third kappa shape index (κ3) is 12.0. The molecule has 1 heterocycles. The summed E-state index contributed by atoms with van der Waals surface area (Å²) in [5.41, 5.74) is 0.304. The number of carbonyl (C=O) groups excluding carboxylic acids is 1. The van der Waals surface area contributed by atoms with E-state index in [1.807, 2.05) is 0 Å². The Balaban J connectivity index is 0.00000676. The summed E-state index contributed by atoms with van der Waals surface area (Å²) in [6.45, 7) is -2.17. The number of hydrogen-bond acceptors (Lipinski definition) is 8. The zero-order valence-electron chi connectivity index (χ0n) is 25.9. The van der Waals surface area contributed by atoms with Gasteiger partial charge in [0, 0.05) is 17.7 Å². The van der Waals surface area contributed by atoms with Crippen LogP contribution in [0.15, 0.2) is 77.7 Å². The number of amides is 1. The average Bonchev–Trinajstić information content (AvgIpc) is 3.45. The Morgan fingerprint density at radius 1 is 1.02 bits per heavy atom. The molecule has 1 aliphatic rings. The van der Waals surface area contributed by atoms with Gasteiger partial charge in [0.2, 0.25) is 0 Å². The monoisotopic (exact) mass is 760 g/mol. The van der Waals surface area contributed by atoms with Crippen LogP contribution in [0.5, 0.6) is 5.75 Å². The second-order valence-corrected chi connectivity index (χ2v) is 14.6. The van der Waals surface area contributed by atoms with Gasteiger partial charge in [-0.1, -0.05) is 19.1 Å². The first kappa shape index (κ1) is 41.8. The van der Waals surface area contributed by atoms with Gasteiger partial charge in [-0.05, 0) is 72.6 Å². The predicted molar refractivity (Wildman–Crippen MR) is 174 cm³/mol. The van der Waals surface area contributed by atoms with Gasteiger partial charge in [-0.15, -0.1) is 0 Å². The quantitative estimate of drug-likeness (QED) is 0.109. The normalized spacial score (nSPS) is 17.3. The zero-order valence-corrected chi connectivity index (χ0v) is 27.6. The maximum atomic E-state index is 13.3. The van der Waals surface area contributed by atoms with E-state index in [9.17, 15) is 39.7 Å². The number of alkyl halides is 5. The van der Waals surface area contributed by atoms with Gasteiger partial charge in [0.05, 0.1) is 48.1 Å². The number of hydrogen-bond donors (Lipinski definition) is 3. The molecule has 0 saturated carbocycles. The molecule has 0 aromatic heterocycles. The summed E-state index contributed by atoms with van der Waals surface area (Å²) >= 11 is 0. The van der Waals surface area contributed by atoms with Crippen molar-refractivity contribution in [3.05, 3.63) is 89.5 Å². The van der Waals surface area contributed by atoms with Crippen LogP contribution >= 0.6 is 7.82 Å². The molecule has 1 aliphatic heterocycles. The van der Waals surface area contributed by atoms with E-state index in [1.165, 1.54) is 55.5 Å². The van der Waals surface area contributed by atoms with Crippen molar-refractivity contribution >= 4 is 58.8 Å². The number of phosphoric acid groups is 1. The van der Waals surface area contributed by atoms with E-state index in [2.05, 4.69) is 14.6 Å². The number of halogens is 5. The number of nitrogens with one attached hydrogen (secondary N) is 1. The van der Waals surface area contributed by atoms with Crippen molar-refractivity contribution in [1.29, 1.82) is 0 Å². The van der Waals surface area contributed by atoms with Crippen molar-refractivity contribution in [2.75, 3.05) is 30.4 Å². The molecule has 0 spiro atoms. The molecule has 0 bridgehead atoms. The number of sulfone groups is 1. The maximum absolute atomic E-state index is 13.3. The van der Waals surface area contributed by atoms with Crippen molar-refractivity contribution in [3.8, 4) is 5.75 Å². The van der Waals surface area contributed by atoms with E-state index in [0.717, 1.165) is 12.1 Å². The SMILES string of the molecule is CCS(=O)(=O)c1ccc([C@H](CCOP(=O)(O)O)NC(=O)c2ccc(N3C[C@@H](Oc4ccc(C(F)(F)F)cc4)C[C@H]3COC(F)F)cc2)cc1.[NaH]. The van der Waals surface area contributed by atoms with Crippen LogP contribution in [-0.2, 0) is 29.8 Å². The molecule has 1 amide bonds. The van der Waals surface area contributed by atoms with E-state index in [-0.39, 0.29) is 77.5 Å². The summed E-state index contributed by atoms with van der Waals surface area (Å²) in [6.07, 6.45) is -4.96. The first-order valence-corrected chi connectivity index (χ1v) is 18.1. The molecule has 3 aromatic rings. The van der Waals surface area contributed by atoms with E-state index in [4.69, 9.17) is 14.5 Å². The molecule has 50 heavy (non-hydrogen) atoms. The molecular weight excluding hydrogens is 725 g/mol. The van der Waals surface area contributed by atoms with Gasteiger partial charge >= 0.3 is 50.2 Å². The van der Waals surface area contributed by atoms with Crippen LogP contribution in [0.3, 0.4) is 0 Å². The standard InChI is InChI=1S/C31H34F5N2O9PS.Na.H/c1-2-49(43,44)27-13-5-20(6-14-27)28(15-16-46-48(40,41)42)37-29(39)21-3-9-23(10-4-21)38-18-26(17-24(38)19-45-30(32)33)47-25-11-7-22(8-12-25)31(34,35)36;;/h3-14,24,26,28,30H,2,15-19H2,1H3,(H,37,39)(H2,40,41,42);;/t24-,26-,28-;;/m0../s1. The van der Waals surface area contributed by atoms with Crippen LogP contribution < -0.4 is 15.0 Å². The van der Waals surface area contributed by atoms with E-state index < -0.39 is 66.7 Å². The first-order chi connectivity index (χ1) is 22.9.